The smallest absolute Gasteiger partial charge is 0.236 e. The molecule has 1 atom stereocenters. The Kier molecular flexibility index (Phi) is 5.81. The minimum absolute atomic E-state index is 0.153. The van der Waals surface area contributed by atoms with Crippen LogP contribution in [0.3, 0.4) is 0 Å². The van der Waals surface area contributed by atoms with E-state index in [0.717, 1.165) is 38.9 Å². The van der Waals surface area contributed by atoms with Gasteiger partial charge < -0.3 is 14.5 Å². The fraction of sp³-hybridized carbons (Fsp3) is 0.875. The average molecular weight is 311 g/mol. The fourth-order valence-electron chi connectivity index (χ4n) is 3.62. The van der Waals surface area contributed by atoms with Gasteiger partial charge in [0, 0.05) is 52.7 Å². The van der Waals surface area contributed by atoms with Gasteiger partial charge in [0.2, 0.25) is 11.8 Å². The monoisotopic (exact) mass is 311 g/mol. The highest BCUT2D eigenvalue weighted by atomic mass is 16.5. The van der Waals surface area contributed by atoms with E-state index in [9.17, 15) is 9.59 Å². The Balaban J connectivity index is 1.97. The zero-order valence-corrected chi connectivity index (χ0v) is 14.1. The molecule has 2 aliphatic rings. The van der Waals surface area contributed by atoms with E-state index in [2.05, 4.69) is 4.90 Å². The molecule has 0 radical (unpaired) electrons. The maximum Gasteiger partial charge on any atom is 0.236 e. The zero-order chi connectivity index (χ0) is 16.2. The van der Waals surface area contributed by atoms with Crippen molar-refractivity contribution in [2.75, 3.05) is 60.5 Å². The molecule has 0 aromatic carbocycles. The van der Waals surface area contributed by atoms with Crippen LogP contribution >= 0.6 is 0 Å². The Morgan fingerprint density at radius 1 is 1.32 bits per heavy atom. The van der Waals surface area contributed by atoms with Gasteiger partial charge in [-0.25, -0.2) is 0 Å². The SMILES string of the molecule is COCCN1CC2(CCCN(CC(=O)N(C)C)C2)CCC1=O. The summed E-state index contributed by atoms with van der Waals surface area (Å²) in [4.78, 5) is 29.9. The lowest BCUT2D eigenvalue weighted by Gasteiger charge is -2.48. The lowest BCUT2D eigenvalue weighted by atomic mass is 9.73. The van der Waals surface area contributed by atoms with Crippen LogP contribution < -0.4 is 0 Å². The number of likely N-dealkylation sites (N-methyl/N-ethyl adjacent to an activating group) is 1. The third-order valence-corrected chi connectivity index (χ3v) is 4.91. The van der Waals surface area contributed by atoms with Crippen LogP contribution in [0.25, 0.3) is 0 Å². The summed E-state index contributed by atoms with van der Waals surface area (Å²) in [6, 6.07) is 0. The summed E-state index contributed by atoms with van der Waals surface area (Å²) in [7, 11) is 5.26. The fourth-order valence-corrected chi connectivity index (χ4v) is 3.62. The van der Waals surface area contributed by atoms with Crippen LogP contribution in [-0.2, 0) is 14.3 Å². The largest absolute Gasteiger partial charge is 0.383 e. The Morgan fingerprint density at radius 2 is 2.09 bits per heavy atom. The first-order valence-electron chi connectivity index (χ1n) is 8.15. The van der Waals surface area contributed by atoms with Gasteiger partial charge in [-0.05, 0) is 25.8 Å². The number of piperidine rings is 2. The van der Waals surface area contributed by atoms with Crippen molar-refractivity contribution in [2.24, 2.45) is 5.41 Å². The van der Waals surface area contributed by atoms with E-state index in [-0.39, 0.29) is 17.2 Å². The van der Waals surface area contributed by atoms with Crippen LogP contribution in [0.15, 0.2) is 0 Å². The predicted octanol–water partition coefficient (Wildman–Crippen LogP) is 0.426. The molecule has 1 spiro atoms. The van der Waals surface area contributed by atoms with E-state index >= 15 is 0 Å². The van der Waals surface area contributed by atoms with Crippen LogP contribution in [-0.4, -0.2) is 87.0 Å². The van der Waals surface area contributed by atoms with Gasteiger partial charge in [0.1, 0.15) is 0 Å². The van der Waals surface area contributed by atoms with Crippen molar-refractivity contribution < 1.29 is 14.3 Å². The van der Waals surface area contributed by atoms with Gasteiger partial charge in [0.15, 0.2) is 0 Å². The van der Waals surface area contributed by atoms with Crippen LogP contribution in [0.5, 0.6) is 0 Å². The second kappa shape index (κ2) is 7.42. The second-order valence-corrected chi connectivity index (χ2v) is 6.91. The molecule has 6 nitrogen and oxygen atoms in total. The molecule has 2 aliphatic heterocycles. The van der Waals surface area contributed by atoms with E-state index in [1.165, 1.54) is 0 Å². The van der Waals surface area contributed by atoms with E-state index in [4.69, 9.17) is 4.74 Å². The van der Waals surface area contributed by atoms with E-state index in [1.807, 2.05) is 4.90 Å². The summed E-state index contributed by atoms with van der Waals surface area (Å²) in [5.74, 6) is 0.393. The number of nitrogens with zero attached hydrogens (tertiary/aromatic N) is 3. The normalized spacial score (nSPS) is 26.5. The zero-order valence-electron chi connectivity index (χ0n) is 14.1. The molecule has 6 heteroatoms. The highest BCUT2D eigenvalue weighted by Crippen LogP contribution is 2.38. The molecule has 126 valence electrons. The Labute approximate surface area is 133 Å². The molecule has 0 aromatic rings. The summed E-state index contributed by atoms with van der Waals surface area (Å²) >= 11 is 0. The van der Waals surface area contributed by atoms with Gasteiger partial charge in [-0.15, -0.1) is 0 Å². The number of carbonyl (C=O) groups excluding carboxylic acids is 2. The first kappa shape index (κ1) is 17.2. The van der Waals surface area contributed by atoms with Crippen LogP contribution in [0.1, 0.15) is 25.7 Å². The van der Waals surface area contributed by atoms with Crippen molar-refractivity contribution >= 4 is 11.8 Å². The van der Waals surface area contributed by atoms with Gasteiger partial charge in [0.25, 0.3) is 0 Å². The minimum Gasteiger partial charge on any atom is -0.383 e. The lowest BCUT2D eigenvalue weighted by Crippen LogP contribution is -2.55. The van der Waals surface area contributed by atoms with Crippen molar-refractivity contribution in [1.29, 1.82) is 0 Å². The molecule has 2 rings (SSSR count). The van der Waals surface area contributed by atoms with Crippen molar-refractivity contribution in [3.8, 4) is 0 Å². The molecule has 0 aromatic heterocycles. The number of likely N-dealkylation sites (tertiary alicyclic amines) is 2. The van der Waals surface area contributed by atoms with Crippen LogP contribution in [0, 0.1) is 5.41 Å². The summed E-state index contributed by atoms with van der Waals surface area (Å²) in [5, 5.41) is 0. The highest BCUT2D eigenvalue weighted by molar-refractivity contribution is 5.78. The van der Waals surface area contributed by atoms with E-state index in [1.54, 1.807) is 26.1 Å². The molecule has 0 bridgehead atoms. The number of ether oxygens (including phenoxy) is 1. The molecule has 2 amide bonds. The number of amides is 2. The number of hydrogen-bond acceptors (Lipinski definition) is 4. The number of rotatable bonds is 5. The standard InChI is InChI=1S/C16H29N3O3/c1-17(2)15(21)11-18-8-4-6-16(12-18)7-5-14(20)19(13-16)9-10-22-3/h4-13H2,1-3H3. The Morgan fingerprint density at radius 3 is 2.77 bits per heavy atom. The maximum atomic E-state index is 12.1. The molecule has 0 saturated carbocycles. The summed E-state index contributed by atoms with van der Waals surface area (Å²) in [6.45, 7) is 4.46. The number of methoxy groups -OCH3 is 1. The minimum atomic E-state index is 0.153. The van der Waals surface area contributed by atoms with Crippen molar-refractivity contribution in [1.82, 2.24) is 14.7 Å². The molecule has 22 heavy (non-hydrogen) atoms. The van der Waals surface area contributed by atoms with E-state index < -0.39 is 0 Å². The number of hydrogen-bond donors (Lipinski definition) is 0. The predicted molar refractivity (Wildman–Crippen MR) is 84.5 cm³/mol. The Bertz CT molecular complexity index is 413. The molecule has 2 saturated heterocycles. The maximum absolute atomic E-state index is 12.1. The summed E-state index contributed by atoms with van der Waals surface area (Å²) in [5.41, 5.74) is 0.159. The van der Waals surface area contributed by atoms with Gasteiger partial charge >= 0.3 is 0 Å². The van der Waals surface area contributed by atoms with Crippen molar-refractivity contribution in [3.63, 3.8) is 0 Å². The third kappa shape index (κ3) is 4.20. The third-order valence-electron chi connectivity index (χ3n) is 4.91. The molecule has 0 aliphatic carbocycles. The first-order chi connectivity index (χ1) is 10.5. The quantitative estimate of drug-likeness (QED) is 0.739. The Hall–Kier alpha value is -1.14. The molecule has 0 N–H and O–H groups in total. The molecule has 2 heterocycles. The van der Waals surface area contributed by atoms with Gasteiger partial charge in [0.05, 0.1) is 13.2 Å². The van der Waals surface area contributed by atoms with Crippen LogP contribution in [0.4, 0.5) is 0 Å². The number of carbonyl (C=O) groups is 2. The average Bonchev–Trinajstić information content (AvgIpc) is 2.48. The van der Waals surface area contributed by atoms with Gasteiger partial charge in [-0.2, -0.15) is 0 Å². The van der Waals surface area contributed by atoms with Crippen molar-refractivity contribution in [2.45, 2.75) is 25.7 Å². The van der Waals surface area contributed by atoms with Gasteiger partial charge in [-0.1, -0.05) is 0 Å². The highest BCUT2D eigenvalue weighted by Gasteiger charge is 2.41. The molecule has 2 fully saturated rings. The topological polar surface area (TPSA) is 53.1 Å². The van der Waals surface area contributed by atoms with Gasteiger partial charge in [-0.3, -0.25) is 14.5 Å². The lowest BCUT2D eigenvalue weighted by molar-refractivity contribution is -0.141. The summed E-state index contributed by atoms with van der Waals surface area (Å²) in [6.07, 6.45) is 3.82. The van der Waals surface area contributed by atoms with E-state index in [0.29, 0.717) is 26.1 Å². The molecular weight excluding hydrogens is 282 g/mol. The first-order valence-corrected chi connectivity index (χ1v) is 8.15. The molecule has 1 unspecified atom stereocenters. The molecular formula is C16H29N3O3. The summed E-state index contributed by atoms with van der Waals surface area (Å²) < 4.78 is 5.11. The van der Waals surface area contributed by atoms with Crippen LogP contribution in [0.2, 0.25) is 0 Å². The van der Waals surface area contributed by atoms with Crippen molar-refractivity contribution in [3.05, 3.63) is 0 Å². The second-order valence-electron chi connectivity index (χ2n) is 6.91.